The Morgan fingerprint density at radius 1 is 1.04 bits per heavy atom. The predicted molar refractivity (Wildman–Crippen MR) is 67.1 cm³/mol. The van der Waals surface area contributed by atoms with Crippen molar-refractivity contribution in [1.29, 1.82) is 0 Å². The Bertz CT molecular complexity index is 601. The number of hydrogen-bond donors (Lipinski definition) is 0. The zero-order chi connectivity index (χ0) is 17.7. The second-order valence-electron chi connectivity index (χ2n) is 4.34. The molecule has 0 amide bonds. The Hall–Kier alpha value is -2.32. The molecule has 1 aromatic rings. The molecule has 23 heavy (non-hydrogen) atoms. The summed E-state index contributed by atoms with van der Waals surface area (Å²) in [5, 5.41) is 0. The number of esters is 1. The van der Waals surface area contributed by atoms with Gasteiger partial charge in [-0.1, -0.05) is 24.3 Å². The van der Waals surface area contributed by atoms with Crippen LogP contribution in [0.3, 0.4) is 0 Å². The van der Waals surface area contributed by atoms with Gasteiger partial charge in [-0.15, -0.1) is 0 Å². The van der Waals surface area contributed by atoms with Gasteiger partial charge in [0.05, 0.1) is 5.56 Å². The van der Waals surface area contributed by atoms with Gasteiger partial charge in [0.2, 0.25) is 0 Å². The largest absolute Gasteiger partial charge is 0.456 e. The molecule has 0 fully saturated rings. The number of allylic oxidation sites excluding steroid dienone is 1. The molecule has 0 atom stereocenters. The van der Waals surface area contributed by atoms with Crippen LogP contribution >= 0.6 is 0 Å². The molecule has 0 aliphatic rings. The average molecular weight is 340 g/mol. The number of benzene rings is 1. The highest BCUT2D eigenvalue weighted by Gasteiger charge is 2.32. The molecular formula is C14H10F6O3. The molecule has 1 rings (SSSR count). The number of hydrogen-bond acceptors (Lipinski definition) is 3. The number of carbonyl (C=O) groups is 2. The van der Waals surface area contributed by atoms with E-state index < -0.39 is 42.7 Å². The van der Waals surface area contributed by atoms with Gasteiger partial charge in [0.1, 0.15) is 6.42 Å². The standard InChI is InChI=1S/C14H10F6O3/c15-13(16,17)8-23-12(22)7-10(21)6-5-9-3-1-2-4-11(9)14(18,19)20/h1-6H,7-8H2. The van der Waals surface area contributed by atoms with Crippen molar-refractivity contribution >= 4 is 17.8 Å². The zero-order valence-corrected chi connectivity index (χ0v) is 11.4. The van der Waals surface area contributed by atoms with Gasteiger partial charge in [0.25, 0.3) is 0 Å². The van der Waals surface area contributed by atoms with E-state index in [2.05, 4.69) is 4.74 Å². The second kappa shape index (κ2) is 7.30. The molecule has 0 radical (unpaired) electrons. The van der Waals surface area contributed by atoms with Crippen LogP contribution in [0.2, 0.25) is 0 Å². The summed E-state index contributed by atoms with van der Waals surface area (Å²) >= 11 is 0. The van der Waals surface area contributed by atoms with Gasteiger partial charge in [0.15, 0.2) is 12.4 Å². The van der Waals surface area contributed by atoms with Crippen LogP contribution in [0.1, 0.15) is 17.5 Å². The van der Waals surface area contributed by atoms with Gasteiger partial charge in [-0.05, 0) is 17.7 Å². The van der Waals surface area contributed by atoms with Crippen LogP contribution in [0, 0.1) is 0 Å². The van der Waals surface area contributed by atoms with Crippen molar-refractivity contribution in [3.05, 3.63) is 41.5 Å². The second-order valence-corrected chi connectivity index (χ2v) is 4.34. The van der Waals surface area contributed by atoms with Crippen molar-refractivity contribution < 1.29 is 40.7 Å². The van der Waals surface area contributed by atoms with E-state index in [1.54, 1.807) is 0 Å². The number of alkyl halides is 6. The van der Waals surface area contributed by atoms with Crippen LogP contribution in [0.25, 0.3) is 6.08 Å². The first kappa shape index (κ1) is 18.7. The molecule has 9 heteroatoms. The van der Waals surface area contributed by atoms with Crippen LogP contribution in [0.4, 0.5) is 26.3 Å². The van der Waals surface area contributed by atoms with Gasteiger partial charge >= 0.3 is 18.3 Å². The van der Waals surface area contributed by atoms with Gasteiger partial charge in [-0.3, -0.25) is 9.59 Å². The fourth-order valence-electron chi connectivity index (χ4n) is 1.50. The molecule has 0 N–H and O–H groups in total. The minimum Gasteiger partial charge on any atom is -0.456 e. The molecule has 0 saturated carbocycles. The SMILES string of the molecule is O=C(C=Cc1ccccc1C(F)(F)F)CC(=O)OCC(F)(F)F. The van der Waals surface area contributed by atoms with Gasteiger partial charge in [0, 0.05) is 0 Å². The molecule has 0 heterocycles. The third-order valence-corrected chi connectivity index (χ3v) is 2.43. The van der Waals surface area contributed by atoms with Crippen LogP contribution in [0.15, 0.2) is 30.3 Å². The highest BCUT2D eigenvalue weighted by Crippen LogP contribution is 2.32. The molecular weight excluding hydrogens is 330 g/mol. The first-order valence-corrected chi connectivity index (χ1v) is 6.08. The Kier molecular flexibility index (Phi) is 5.94. The summed E-state index contributed by atoms with van der Waals surface area (Å²) in [5.74, 6) is -2.39. The summed E-state index contributed by atoms with van der Waals surface area (Å²) in [4.78, 5) is 22.3. The van der Waals surface area contributed by atoms with Crippen molar-refractivity contribution in [3.8, 4) is 0 Å². The van der Waals surface area contributed by atoms with E-state index in [9.17, 15) is 35.9 Å². The van der Waals surface area contributed by atoms with Crippen molar-refractivity contribution in [3.63, 3.8) is 0 Å². The van der Waals surface area contributed by atoms with Crippen molar-refractivity contribution in [2.45, 2.75) is 18.8 Å². The maximum Gasteiger partial charge on any atom is 0.422 e. The average Bonchev–Trinajstić information content (AvgIpc) is 2.41. The van der Waals surface area contributed by atoms with E-state index in [1.807, 2.05) is 0 Å². The fourth-order valence-corrected chi connectivity index (χ4v) is 1.50. The summed E-state index contributed by atoms with van der Waals surface area (Å²) in [6.07, 6.45) is -8.84. The molecule has 0 spiro atoms. The quantitative estimate of drug-likeness (QED) is 0.355. The Balaban J connectivity index is 2.68. The molecule has 0 bridgehead atoms. The molecule has 0 unspecified atom stereocenters. The molecule has 1 aromatic carbocycles. The summed E-state index contributed by atoms with van der Waals surface area (Å²) in [6, 6.07) is 4.39. The lowest BCUT2D eigenvalue weighted by atomic mass is 10.1. The fraction of sp³-hybridized carbons (Fsp3) is 0.286. The minimum atomic E-state index is -4.72. The highest BCUT2D eigenvalue weighted by molar-refractivity contribution is 6.04. The van der Waals surface area contributed by atoms with Crippen LogP contribution in [-0.4, -0.2) is 24.5 Å². The van der Waals surface area contributed by atoms with Crippen molar-refractivity contribution in [2.75, 3.05) is 6.61 Å². The summed E-state index contributed by atoms with van der Waals surface area (Å²) in [5.41, 5.74) is -1.29. The monoisotopic (exact) mass is 340 g/mol. The zero-order valence-electron chi connectivity index (χ0n) is 11.4. The topological polar surface area (TPSA) is 43.4 Å². The first-order valence-electron chi connectivity index (χ1n) is 6.08. The summed E-state index contributed by atoms with van der Waals surface area (Å²) in [6.45, 7) is -1.83. The van der Waals surface area contributed by atoms with Crippen LogP contribution < -0.4 is 0 Å². The number of rotatable bonds is 5. The van der Waals surface area contributed by atoms with E-state index in [0.29, 0.717) is 6.08 Å². The smallest absolute Gasteiger partial charge is 0.422 e. The van der Waals surface area contributed by atoms with E-state index in [4.69, 9.17) is 0 Å². The Morgan fingerprint density at radius 3 is 2.22 bits per heavy atom. The Morgan fingerprint density at radius 2 is 1.65 bits per heavy atom. The normalized spacial score (nSPS) is 12.4. The molecule has 0 aliphatic heterocycles. The van der Waals surface area contributed by atoms with E-state index in [1.165, 1.54) is 6.07 Å². The third kappa shape index (κ3) is 6.98. The number of ether oxygens (including phenoxy) is 1. The molecule has 0 aliphatic carbocycles. The van der Waals surface area contributed by atoms with Crippen molar-refractivity contribution in [1.82, 2.24) is 0 Å². The first-order chi connectivity index (χ1) is 10.5. The van der Waals surface area contributed by atoms with Crippen molar-refractivity contribution in [2.24, 2.45) is 0 Å². The van der Waals surface area contributed by atoms with Gasteiger partial charge in [-0.2, -0.15) is 26.3 Å². The lowest BCUT2D eigenvalue weighted by Crippen LogP contribution is -2.21. The third-order valence-electron chi connectivity index (χ3n) is 2.43. The van der Waals surface area contributed by atoms with Gasteiger partial charge < -0.3 is 4.74 Å². The van der Waals surface area contributed by atoms with Crippen LogP contribution in [-0.2, 0) is 20.5 Å². The Labute approximate surface area is 126 Å². The molecule has 3 nitrogen and oxygen atoms in total. The summed E-state index contributed by atoms with van der Waals surface area (Å²) < 4.78 is 77.3. The maximum atomic E-state index is 12.7. The minimum absolute atomic E-state index is 0.308. The van der Waals surface area contributed by atoms with Crippen LogP contribution in [0.5, 0.6) is 0 Å². The number of halogens is 6. The number of ketones is 1. The van der Waals surface area contributed by atoms with E-state index in [0.717, 1.165) is 24.3 Å². The maximum absolute atomic E-state index is 12.7. The lowest BCUT2D eigenvalue weighted by Gasteiger charge is -2.09. The molecule has 0 saturated heterocycles. The lowest BCUT2D eigenvalue weighted by molar-refractivity contribution is -0.186. The summed E-state index contributed by atoms with van der Waals surface area (Å²) in [7, 11) is 0. The molecule has 0 aromatic heterocycles. The predicted octanol–water partition coefficient (Wildman–Crippen LogP) is 3.78. The van der Waals surface area contributed by atoms with E-state index >= 15 is 0 Å². The van der Waals surface area contributed by atoms with E-state index in [-0.39, 0.29) is 5.56 Å². The van der Waals surface area contributed by atoms with Gasteiger partial charge in [-0.25, -0.2) is 0 Å². The highest BCUT2D eigenvalue weighted by atomic mass is 19.4. The number of carbonyl (C=O) groups excluding carboxylic acids is 2. The molecule has 126 valence electrons.